The highest BCUT2D eigenvalue weighted by molar-refractivity contribution is 8.00. The first-order valence-electron chi connectivity index (χ1n) is 6.31. The molecular weight excluding hydrogens is 266 g/mol. The van der Waals surface area contributed by atoms with Gasteiger partial charge in [0.2, 0.25) is 0 Å². The van der Waals surface area contributed by atoms with E-state index in [1.165, 1.54) is 0 Å². The van der Waals surface area contributed by atoms with Gasteiger partial charge in [-0.2, -0.15) is 11.8 Å². The van der Waals surface area contributed by atoms with Crippen molar-refractivity contribution in [1.82, 2.24) is 0 Å². The molecule has 0 spiro atoms. The van der Waals surface area contributed by atoms with Crippen molar-refractivity contribution in [1.29, 1.82) is 0 Å². The average molecular weight is 286 g/mol. The van der Waals surface area contributed by atoms with Gasteiger partial charge in [0.15, 0.2) is 0 Å². The van der Waals surface area contributed by atoms with Crippen LogP contribution in [0.5, 0.6) is 0 Å². The highest BCUT2D eigenvalue weighted by Crippen LogP contribution is 2.34. The van der Waals surface area contributed by atoms with E-state index in [1.807, 2.05) is 23.9 Å². The molecule has 1 aliphatic rings. The van der Waals surface area contributed by atoms with E-state index in [0.29, 0.717) is 9.77 Å². The van der Waals surface area contributed by atoms with E-state index >= 15 is 0 Å². The molecule has 0 saturated carbocycles. The van der Waals surface area contributed by atoms with Crippen molar-refractivity contribution in [3.8, 4) is 0 Å². The van der Waals surface area contributed by atoms with Crippen LogP contribution in [0.25, 0.3) is 0 Å². The number of aliphatic hydroxyl groups is 1. The van der Waals surface area contributed by atoms with Crippen molar-refractivity contribution in [2.45, 2.75) is 31.6 Å². The summed E-state index contributed by atoms with van der Waals surface area (Å²) in [6.07, 6.45) is 1.15. The Kier molecular flexibility index (Phi) is 4.46. The van der Waals surface area contributed by atoms with Gasteiger partial charge >= 0.3 is 0 Å². The van der Waals surface area contributed by atoms with Crippen molar-refractivity contribution >= 4 is 29.1 Å². The van der Waals surface area contributed by atoms with Gasteiger partial charge in [-0.25, -0.2) is 0 Å². The molecule has 1 heterocycles. The molecule has 2 rings (SSSR count). The molecule has 4 heteroatoms. The quantitative estimate of drug-likeness (QED) is 0.899. The number of benzene rings is 1. The van der Waals surface area contributed by atoms with Gasteiger partial charge in [0.1, 0.15) is 0 Å². The Bertz CT molecular complexity index is 422. The summed E-state index contributed by atoms with van der Waals surface area (Å²) in [6.45, 7) is 6.63. The van der Waals surface area contributed by atoms with Crippen LogP contribution in [0.1, 0.15) is 25.8 Å². The summed E-state index contributed by atoms with van der Waals surface area (Å²) in [4.78, 5) is 2.35. The van der Waals surface area contributed by atoms with Gasteiger partial charge in [-0.05, 0) is 18.6 Å². The van der Waals surface area contributed by atoms with Crippen LogP contribution in [0, 0.1) is 0 Å². The van der Waals surface area contributed by atoms with Crippen molar-refractivity contribution in [2.75, 3.05) is 23.7 Å². The van der Waals surface area contributed by atoms with Crippen LogP contribution in [0.4, 0.5) is 5.69 Å². The Morgan fingerprint density at radius 2 is 2.17 bits per heavy atom. The zero-order valence-corrected chi connectivity index (χ0v) is 12.5. The van der Waals surface area contributed by atoms with E-state index in [9.17, 15) is 5.11 Å². The molecule has 2 nitrogen and oxygen atoms in total. The summed E-state index contributed by atoms with van der Waals surface area (Å²) in [6, 6.07) is 5.85. The second-order valence-electron chi connectivity index (χ2n) is 5.24. The van der Waals surface area contributed by atoms with E-state index in [4.69, 9.17) is 11.6 Å². The predicted molar refractivity (Wildman–Crippen MR) is 80.7 cm³/mol. The maximum atomic E-state index is 9.49. The molecule has 0 radical (unpaired) electrons. The second kappa shape index (κ2) is 5.72. The lowest BCUT2D eigenvalue weighted by Gasteiger charge is -2.26. The van der Waals surface area contributed by atoms with Crippen molar-refractivity contribution in [2.24, 2.45) is 0 Å². The molecule has 1 aromatic carbocycles. The Morgan fingerprint density at radius 1 is 1.39 bits per heavy atom. The van der Waals surface area contributed by atoms with Crippen molar-refractivity contribution in [3.63, 3.8) is 0 Å². The summed E-state index contributed by atoms with van der Waals surface area (Å²) in [5.41, 5.74) is 1.94. The molecule has 1 N–H and O–H groups in total. The van der Waals surface area contributed by atoms with Crippen LogP contribution in [0.3, 0.4) is 0 Å². The van der Waals surface area contributed by atoms with Gasteiger partial charge in [0.05, 0.1) is 6.61 Å². The molecule has 0 amide bonds. The van der Waals surface area contributed by atoms with Crippen LogP contribution in [0.15, 0.2) is 18.2 Å². The van der Waals surface area contributed by atoms with Gasteiger partial charge in [-0.15, -0.1) is 0 Å². The monoisotopic (exact) mass is 285 g/mol. The first-order chi connectivity index (χ1) is 8.53. The molecule has 0 unspecified atom stereocenters. The molecule has 0 atom stereocenters. The molecule has 1 saturated heterocycles. The minimum Gasteiger partial charge on any atom is -0.392 e. The van der Waals surface area contributed by atoms with Gasteiger partial charge in [0, 0.05) is 39.9 Å². The molecule has 18 heavy (non-hydrogen) atoms. The number of aliphatic hydroxyl groups excluding tert-OH is 1. The smallest absolute Gasteiger partial charge is 0.0716 e. The summed E-state index contributed by atoms with van der Waals surface area (Å²) in [5.74, 6) is 1.12. The van der Waals surface area contributed by atoms with Crippen LogP contribution in [-0.2, 0) is 6.61 Å². The number of hydrogen-bond donors (Lipinski definition) is 1. The topological polar surface area (TPSA) is 23.5 Å². The first kappa shape index (κ1) is 14.0. The average Bonchev–Trinajstić information content (AvgIpc) is 2.50. The molecule has 0 bridgehead atoms. The van der Waals surface area contributed by atoms with Crippen molar-refractivity contribution < 1.29 is 5.11 Å². The minimum absolute atomic E-state index is 0.00203. The van der Waals surface area contributed by atoms with Crippen molar-refractivity contribution in [3.05, 3.63) is 28.8 Å². The van der Waals surface area contributed by atoms with Gasteiger partial charge < -0.3 is 10.0 Å². The van der Waals surface area contributed by atoms with Crippen LogP contribution in [0.2, 0.25) is 5.02 Å². The van der Waals surface area contributed by atoms with Crippen LogP contribution >= 0.6 is 23.4 Å². The fourth-order valence-electron chi connectivity index (χ4n) is 2.26. The standard InChI is InChI=1S/C14H20ClNOS/c1-14(2)6-7-16(8-9-18-14)13-5-3-4-12(15)11(13)10-17/h3-5,17H,6-10H2,1-2H3. The molecule has 1 fully saturated rings. The lowest BCUT2D eigenvalue weighted by molar-refractivity contribution is 0.282. The molecular formula is C14H20ClNOS. The molecule has 0 aliphatic carbocycles. The Morgan fingerprint density at radius 3 is 2.89 bits per heavy atom. The summed E-state index contributed by atoms with van der Waals surface area (Å²) < 4.78 is 0.340. The van der Waals surface area contributed by atoms with Gasteiger partial charge in [-0.1, -0.05) is 31.5 Å². The van der Waals surface area contributed by atoms with E-state index in [0.717, 1.165) is 36.5 Å². The van der Waals surface area contributed by atoms with Crippen LogP contribution in [-0.4, -0.2) is 28.7 Å². The normalized spacial score (nSPS) is 19.7. The lowest BCUT2D eigenvalue weighted by atomic mass is 10.1. The maximum Gasteiger partial charge on any atom is 0.0716 e. The Hall–Kier alpha value is -0.380. The van der Waals surface area contributed by atoms with Gasteiger partial charge in [0.25, 0.3) is 0 Å². The van der Waals surface area contributed by atoms with E-state index in [-0.39, 0.29) is 6.61 Å². The summed E-state index contributed by atoms with van der Waals surface area (Å²) >= 11 is 8.17. The fraction of sp³-hybridized carbons (Fsp3) is 0.571. The third-order valence-electron chi connectivity index (χ3n) is 3.43. The minimum atomic E-state index is 0.00203. The van der Waals surface area contributed by atoms with Crippen LogP contribution < -0.4 is 4.90 Å². The SMILES string of the molecule is CC1(C)CCN(c2cccc(Cl)c2CO)CCS1. The third kappa shape index (κ3) is 3.14. The first-order valence-corrected chi connectivity index (χ1v) is 7.67. The number of nitrogens with zero attached hydrogens (tertiary/aromatic N) is 1. The zero-order chi connectivity index (χ0) is 13.2. The van der Waals surface area contributed by atoms with Gasteiger partial charge in [-0.3, -0.25) is 0 Å². The molecule has 100 valence electrons. The number of anilines is 1. The molecule has 1 aromatic rings. The van der Waals surface area contributed by atoms with E-state index in [1.54, 1.807) is 0 Å². The Labute approximate surface area is 118 Å². The number of hydrogen-bond acceptors (Lipinski definition) is 3. The number of rotatable bonds is 2. The van der Waals surface area contributed by atoms with E-state index < -0.39 is 0 Å². The van der Waals surface area contributed by atoms with E-state index in [2.05, 4.69) is 24.8 Å². The fourth-order valence-corrected chi connectivity index (χ4v) is 3.59. The number of halogens is 1. The molecule has 0 aromatic heterocycles. The maximum absolute atomic E-state index is 9.49. The predicted octanol–water partition coefficient (Wildman–Crippen LogP) is 3.55. The zero-order valence-electron chi connectivity index (χ0n) is 10.9. The second-order valence-corrected chi connectivity index (χ2v) is 7.45. The highest BCUT2D eigenvalue weighted by atomic mass is 35.5. The summed E-state index contributed by atoms with van der Waals surface area (Å²) in [7, 11) is 0. The largest absolute Gasteiger partial charge is 0.392 e. The number of thioether (sulfide) groups is 1. The molecule has 1 aliphatic heterocycles. The Balaban J connectivity index is 2.24. The summed E-state index contributed by atoms with van der Waals surface area (Å²) in [5, 5.41) is 10.1. The third-order valence-corrected chi connectivity index (χ3v) is 5.16. The lowest BCUT2D eigenvalue weighted by Crippen LogP contribution is -2.28. The highest BCUT2D eigenvalue weighted by Gasteiger charge is 2.24.